The summed E-state index contributed by atoms with van der Waals surface area (Å²) in [5.74, 6) is -0.702. The molecule has 3 aromatic rings. The van der Waals surface area contributed by atoms with Crippen molar-refractivity contribution in [3.05, 3.63) is 101 Å². The van der Waals surface area contributed by atoms with Crippen LogP contribution in [0.15, 0.2) is 72.8 Å². The van der Waals surface area contributed by atoms with Crippen LogP contribution in [0.25, 0.3) is 0 Å². The predicted octanol–water partition coefficient (Wildman–Crippen LogP) is 4.56. The molecule has 0 unspecified atom stereocenters. The number of aliphatic hydroxyl groups is 1. The van der Waals surface area contributed by atoms with E-state index in [1.54, 1.807) is 29.2 Å². The van der Waals surface area contributed by atoms with Crippen LogP contribution in [0, 0.1) is 6.92 Å². The Morgan fingerprint density at radius 2 is 1.63 bits per heavy atom. The number of nitrogens with zero attached hydrogens (tertiary/aromatic N) is 1. The van der Waals surface area contributed by atoms with Crippen LogP contribution in [-0.4, -0.2) is 16.8 Å². The number of fused-ring (bicyclic) bond motifs is 1. The first-order chi connectivity index (χ1) is 14.4. The van der Waals surface area contributed by atoms with Crippen LogP contribution in [0.3, 0.4) is 0 Å². The van der Waals surface area contributed by atoms with Crippen LogP contribution < -0.4 is 4.90 Å². The summed E-state index contributed by atoms with van der Waals surface area (Å²) in [6, 6.07) is 22.4. The van der Waals surface area contributed by atoms with Crippen molar-refractivity contribution in [3.63, 3.8) is 0 Å². The van der Waals surface area contributed by atoms with Gasteiger partial charge in [-0.1, -0.05) is 73.7 Å². The number of para-hydroxylation sites is 1. The molecule has 3 aromatic carbocycles. The van der Waals surface area contributed by atoms with Gasteiger partial charge in [0.2, 0.25) is 0 Å². The quantitative estimate of drug-likeness (QED) is 0.618. The van der Waals surface area contributed by atoms with E-state index in [4.69, 9.17) is 0 Å². The van der Waals surface area contributed by atoms with Gasteiger partial charge in [0.15, 0.2) is 11.4 Å². The van der Waals surface area contributed by atoms with Crippen LogP contribution in [0.4, 0.5) is 5.69 Å². The van der Waals surface area contributed by atoms with E-state index in [2.05, 4.69) is 6.92 Å². The predicted molar refractivity (Wildman–Crippen MR) is 117 cm³/mol. The normalized spacial score (nSPS) is 17.8. The third kappa shape index (κ3) is 3.44. The Kier molecular flexibility index (Phi) is 5.27. The van der Waals surface area contributed by atoms with Crippen molar-refractivity contribution in [2.75, 3.05) is 4.90 Å². The van der Waals surface area contributed by atoms with Crippen molar-refractivity contribution in [2.24, 2.45) is 0 Å². The molecule has 0 saturated carbocycles. The lowest BCUT2D eigenvalue weighted by Gasteiger charge is -2.23. The summed E-state index contributed by atoms with van der Waals surface area (Å²) < 4.78 is 0. The highest BCUT2D eigenvalue weighted by molar-refractivity contribution is 6.10. The number of carbonyl (C=O) groups is 2. The molecule has 4 rings (SSSR count). The minimum Gasteiger partial charge on any atom is -0.375 e. The highest BCUT2D eigenvalue weighted by Gasteiger charge is 2.50. The molecular formula is C26H25NO3. The Morgan fingerprint density at radius 1 is 0.967 bits per heavy atom. The van der Waals surface area contributed by atoms with Crippen LogP contribution >= 0.6 is 0 Å². The number of hydrogen-bond donors (Lipinski definition) is 1. The number of Topliss-reactive ketones (excluding diaryl/α,β-unsaturated/α-hetero) is 1. The van der Waals surface area contributed by atoms with Crippen molar-refractivity contribution in [1.82, 2.24) is 0 Å². The molecule has 4 nitrogen and oxygen atoms in total. The van der Waals surface area contributed by atoms with Crippen LogP contribution in [-0.2, 0) is 23.4 Å². The molecular weight excluding hydrogens is 374 g/mol. The Hall–Kier alpha value is -3.24. The number of anilines is 1. The van der Waals surface area contributed by atoms with Crippen molar-refractivity contribution in [2.45, 2.75) is 38.8 Å². The molecule has 0 aromatic heterocycles. The van der Waals surface area contributed by atoms with Crippen LogP contribution in [0.2, 0.25) is 0 Å². The zero-order valence-electron chi connectivity index (χ0n) is 17.3. The minimum atomic E-state index is -1.86. The van der Waals surface area contributed by atoms with Gasteiger partial charge >= 0.3 is 0 Å². The Balaban J connectivity index is 1.66. The van der Waals surface area contributed by atoms with Crippen molar-refractivity contribution in [1.29, 1.82) is 0 Å². The van der Waals surface area contributed by atoms with Crippen molar-refractivity contribution < 1.29 is 14.7 Å². The summed E-state index contributed by atoms with van der Waals surface area (Å²) >= 11 is 0. The molecule has 1 heterocycles. The summed E-state index contributed by atoms with van der Waals surface area (Å²) in [7, 11) is 0. The third-order valence-corrected chi connectivity index (χ3v) is 5.93. The van der Waals surface area contributed by atoms with Gasteiger partial charge in [-0.05, 0) is 36.1 Å². The van der Waals surface area contributed by atoms with Gasteiger partial charge in [-0.2, -0.15) is 0 Å². The number of amides is 1. The average molecular weight is 399 g/mol. The monoisotopic (exact) mass is 399 g/mol. The molecule has 1 N–H and O–H groups in total. The first-order valence-electron chi connectivity index (χ1n) is 10.2. The van der Waals surface area contributed by atoms with E-state index in [1.165, 1.54) is 0 Å². The van der Waals surface area contributed by atoms with Gasteiger partial charge in [-0.3, -0.25) is 9.59 Å². The Bertz CT molecular complexity index is 1100. The topological polar surface area (TPSA) is 57.6 Å². The maximum absolute atomic E-state index is 13.4. The molecule has 1 amide bonds. The lowest BCUT2D eigenvalue weighted by molar-refractivity contribution is -0.136. The minimum absolute atomic E-state index is 0.249. The molecule has 0 radical (unpaired) electrons. The summed E-state index contributed by atoms with van der Waals surface area (Å²) in [4.78, 5) is 27.9. The number of aryl methyl sites for hydroxylation is 2. The number of benzene rings is 3. The average Bonchev–Trinajstić information content (AvgIpc) is 2.97. The molecule has 152 valence electrons. The van der Waals surface area contributed by atoms with Gasteiger partial charge in [-0.15, -0.1) is 0 Å². The summed E-state index contributed by atoms with van der Waals surface area (Å²) in [6.45, 7) is 4.40. The van der Waals surface area contributed by atoms with E-state index in [0.29, 0.717) is 23.4 Å². The molecule has 0 aliphatic carbocycles. The SMILES string of the molecule is CCc1ccc(C(=O)C[C@@]2(O)C(=O)N(Cc3ccccc3C)c3ccccc32)cc1. The number of rotatable bonds is 6. The van der Waals surface area contributed by atoms with E-state index >= 15 is 0 Å². The van der Waals surface area contributed by atoms with Gasteiger partial charge in [0.25, 0.3) is 5.91 Å². The number of carbonyl (C=O) groups excluding carboxylic acids is 2. The van der Waals surface area contributed by atoms with Crippen LogP contribution in [0.5, 0.6) is 0 Å². The van der Waals surface area contributed by atoms with E-state index in [1.807, 2.05) is 55.5 Å². The van der Waals surface area contributed by atoms with Crippen molar-refractivity contribution >= 4 is 17.4 Å². The largest absolute Gasteiger partial charge is 0.375 e. The molecule has 0 bridgehead atoms. The standard InChI is InChI=1S/C26H25NO3/c1-3-19-12-14-20(15-13-19)24(28)16-26(30)22-10-6-7-11-23(22)27(25(26)29)17-21-9-5-4-8-18(21)2/h4-15,30H,3,16-17H2,1-2H3/t26-/m0/s1. The molecule has 0 spiro atoms. The van der Waals surface area contributed by atoms with Gasteiger partial charge in [0.05, 0.1) is 18.7 Å². The fourth-order valence-corrected chi connectivity index (χ4v) is 4.05. The first-order valence-corrected chi connectivity index (χ1v) is 10.2. The zero-order valence-corrected chi connectivity index (χ0v) is 17.3. The lowest BCUT2D eigenvalue weighted by Crippen LogP contribution is -2.41. The second-order valence-corrected chi connectivity index (χ2v) is 7.85. The zero-order chi connectivity index (χ0) is 21.3. The molecule has 30 heavy (non-hydrogen) atoms. The maximum Gasteiger partial charge on any atom is 0.264 e. The van der Waals surface area contributed by atoms with E-state index in [9.17, 15) is 14.7 Å². The molecule has 1 aliphatic rings. The van der Waals surface area contributed by atoms with E-state index < -0.39 is 11.5 Å². The molecule has 0 saturated heterocycles. The number of hydrogen-bond acceptors (Lipinski definition) is 3. The smallest absolute Gasteiger partial charge is 0.264 e. The highest BCUT2D eigenvalue weighted by atomic mass is 16.3. The van der Waals surface area contributed by atoms with Gasteiger partial charge in [0, 0.05) is 11.1 Å². The third-order valence-electron chi connectivity index (χ3n) is 5.93. The Morgan fingerprint density at radius 3 is 2.33 bits per heavy atom. The molecule has 0 fully saturated rings. The van der Waals surface area contributed by atoms with Crippen molar-refractivity contribution in [3.8, 4) is 0 Å². The summed E-state index contributed by atoms with van der Waals surface area (Å²) in [5, 5.41) is 11.5. The van der Waals surface area contributed by atoms with Gasteiger partial charge in [-0.25, -0.2) is 0 Å². The first kappa shape index (κ1) is 20.0. The fourth-order valence-electron chi connectivity index (χ4n) is 4.05. The van der Waals surface area contributed by atoms with E-state index in [0.717, 1.165) is 23.1 Å². The lowest BCUT2D eigenvalue weighted by atomic mass is 9.88. The Labute approximate surface area is 176 Å². The molecule has 1 aliphatic heterocycles. The second-order valence-electron chi connectivity index (χ2n) is 7.85. The van der Waals surface area contributed by atoms with Gasteiger partial charge in [0.1, 0.15) is 0 Å². The summed E-state index contributed by atoms with van der Waals surface area (Å²) in [5.41, 5.74) is 3.00. The highest BCUT2D eigenvalue weighted by Crippen LogP contribution is 2.43. The van der Waals surface area contributed by atoms with Crippen LogP contribution in [0.1, 0.15) is 46.0 Å². The fraction of sp³-hybridized carbons (Fsp3) is 0.231. The molecule has 1 atom stereocenters. The van der Waals surface area contributed by atoms with Gasteiger partial charge < -0.3 is 10.0 Å². The number of ketones is 1. The molecule has 4 heteroatoms. The maximum atomic E-state index is 13.4. The second kappa shape index (κ2) is 7.88. The van der Waals surface area contributed by atoms with E-state index in [-0.39, 0.29) is 12.2 Å². The summed E-state index contributed by atoms with van der Waals surface area (Å²) in [6.07, 6.45) is 0.608.